The number of carbonyl (C=O) groups excluding carboxylic acids is 1. The number of ether oxygens (including phenoxy) is 1. The molecule has 1 aliphatic rings. The van der Waals surface area contributed by atoms with E-state index >= 15 is 0 Å². The van der Waals surface area contributed by atoms with Crippen molar-refractivity contribution in [1.29, 1.82) is 0 Å². The summed E-state index contributed by atoms with van der Waals surface area (Å²) >= 11 is 0. The van der Waals surface area contributed by atoms with Crippen LogP contribution in [0.3, 0.4) is 0 Å². The van der Waals surface area contributed by atoms with E-state index in [1.807, 2.05) is 0 Å². The van der Waals surface area contributed by atoms with E-state index in [0.29, 0.717) is 5.69 Å². The Morgan fingerprint density at radius 2 is 2.22 bits per heavy atom. The normalized spacial score (nSPS) is 15.4. The van der Waals surface area contributed by atoms with Gasteiger partial charge in [0, 0.05) is 6.07 Å². The fourth-order valence-corrected chi connectivity index (χ4v) is 2.59. The van der Waals surface area contributed by atoms with Crippen molar-refractivity contribution in [2.45, 2.75) is 18.9 Å². The molecule has 2 heterocycles. The lowest BCUT2D eigenvalue weighted by Crippen LogP contribution is -2.29. The standard InChI is InChI=1S/C15H18FN5O2/c1-23-14-8-10(16)2-3-12(14)18-15(22)13-9-21(20-19-13)11-4-6-17-7-5-11/h2-3,8-9,11,17H,4-7H2,1H3,(H,18,22). The number of piperidine rings is 1. The third kappa shape index (κ3) is 3.48. The summed E-state index contributed by atoms with van der Waals surface area (Å²) in [7, 11) is 1.41. The number of aromatic nitrogens is 3. The van der Waals surface area contributed by atoms with Gasteiger partial charge in [0.2, 0.25) is 0 Å². The molecule has 0 radical (unpaired) electrons. The first kappa shape index (κ1) is 15.4. The maximum atomic E-state index is 13.2. The Balaban J connectivity index is 1.72. The third-order valence-electron chi connectivity index (χ3n) is 3.84. The van der Waals surface area contributed by atoms with Gasteiger partial charge in [-0.25, -0.2) is 9.07 Å². The summed E-state index contributed by atoms with van der Waals surface area (Å²) in [5, 5.41) is 13.9. The number of amides is 1. The first-order valence-corrected chi connectivity index (χ1v) is 7.45. The maximum absolute atomic E-state index is 13.2. The van der Waals surface area contributed by atoms with Crippen LogP contribution in [0.5, 0.6) is 5.75 Å². The van der Waals surface area contributed by atoms with E-state index in [1.165, 1.54) is 25.3 Å². The lowest BCUT2D eigenvalue weighted by Gasteiger charge is -2.22. The van der Waals surface area contributed by atoms with Gasteiger partial charge < -0.3 is 15.4 Å². The van der Waals surface area contributed by atoms with Gasteiger partial charge in [0.1, 0.15) is 11.6 Å². The van der Waals surface area contributed by atoms with Gasteiger partial charge in [0.05, 0.1) is 25.0 Å². The molecule has 1 saturated heterocycles. The van der Waals surface area contributed by atoms with Crippen molar-refractivity contribution in [3.8, 4) is 5.75 Å². The van der Waals surface area contributed by atoms with Gasteiger partial charge in [-0.3, -0.25) is 4.79 Å². The Bertz CT molecular complexity index is 697. The minimum absolute atomic E-state index is 0.218. The zero-order valence-corrected chi connectivity index (χ0v) is 12.8. The van der Waals surface area contributed by atoms with Crippen molar-refractivity contribution in [3.63, 3.8) is 0 Å². The number of carbonyl (C=O) groups is 1. The minimum atomic E-state index is -0.434. The number of nitrogens with zero attached hydrogens (tertiary/aromatic N) is 3. The van der Waals surface area contributed by atoms with Gasteiger partial charge >= 0.3 is 0 Å². The Kier molecular flexibility index (Phi) is 4.52. The highest BCUT2D eigenvalue weighted by Crippen LogP contribution is 2.25. The number of anilines is 1. The molecule has 0 atom stereocenters. The molecule has 1 amide bonds. The van der Waals surface area contributed by atoms with Crippen LogP contribution in [0.1, 0.15) is 29.4 Å². The van der Waals surface area contributed by atoms with E-state index in [0.717, 1.165) is 25.9 Å². The zero-order chi connectivity index (χ0) is 16.2. The molecule has 0 aliphatic carbocycles. The lowest BCUT2D eigenvalue weighted by atomic mass is 10.1. The molecule has 7 nitrogen and oxygen atoms in total. The van der Waals surface area contributed by atoms with Crippen LogP contribution in [-0.4, -0.2) is 41.1 Å². The van der Waals surface area contributed by atoms with Gasteiger partial charge in [-0.2, -0.15) is 0 Å². The second-order valence-electron chi connectivity index (χ2n) is 5.36. The van der Waals surface area contributed by atoms with Crippen LogP contribution in [0.25, 0.3) is 0 Å². The van der Waals surface area contributed by atoms with Gasteiger partial charge in [-0.1, -0.05) is 5.21 Å². The van der Waals surface area contributed by atoms with E-state index in [9.17, 15) is 9.18 Å². The Hall–Kier alpha value is -2.48. The molecule has 23 heavy (non-hydrogen) atoms. The van der Waals surface area contributed by atoms with Crippen LogP contribution in [0.2, 0.25) is 0 Å². The van der Waals surface area contributed by atoms with Crippen molar-refractivity contribution in [3.05, 3.63) is 35.9 Å². The SMILES string of the molecule is COc1cc(F)ccc1NC(=O)c1cn(C2CCNCC2)nn1. The molecule has 1 fully saturated rings. The molecule has 1 aliphatic heterocycles. The number of nitrogens with one attached hydrogen (secondary N) is 2. The van der Waals surface area contributed by atoms with Crippen molar-refractivity contribution in [2.24, 2.45) is 0 Å². The first-order chi connectivity index (χ1) is 11.2. The Morgan fingerprint density at radius 1 is 1.43 bits per heavy atom. The van der Waals surface area contributed by atoms with Crippen LogP contribution in [0, 0.1) is 5.82 Å². The van der Waals surface area contributed by atoms with E-state index < -0.39 is 11.7 Å². The largest absolute Gasteiger partial charge is 0.494 e. The zero-order valence-electron chi connectivity index (χ0n) is 12.8. The van der Waals surface area contributed by atoms with Crippen LogP contribution in [0.15, 0.2) is 24.4 Å². The number of hydrogen-bond donors (Lipinski definition) is 2. The van der Waals surface area contributed by atoms with Crippen LogP contribution in [-0.2, 0) is 0 Å². The first-order valence-electron chi connectivity index (χ1n) is 7.45. The molecule has 1 aromatic carbocycles. The fourth-order valence-electron chi connectivity index (χ4n) is 2.59. The maximum Gasteiger partial charge on any atom is 0.277 e. The van der Waals surface area contributed by atoms with Gasteiger partial charge in [-0.05, 0) is 38.1 Å². The number of halogens is 1. The predicted octanol–water partition coefficient (Wildman–Crippen LogP) is 1.60. The average molecular weight is 319 g/mol. The van der Waals surface area contributed by atoms with Crippen LogP contribution in [0.4, 0.5) is 10.1 Å². The monoisotopic (exact) mass is 319 g/mol. The van der Waals surface area contributed by atoms with E-state index in [4.69, 9.17) is 4.74 Å². The number of hydrogen-bond acceptors (Lipinski definition) is 5. The van der Waals surface area contributed by atoms with Crippen molar-refractivity contribution < 1.29 is 13.9 Å². The molecule has 122 valence electrons. The summed E-state index contributed by atoms with van der Waals surface area (Å²) in [6.07, 6.45) is 3.55. The highest BCUT2D eigenvalue weighted by atomic mass is 19.1. The molecule has 1 aromatic heterocycles. The van der Waals surface area contributed by atoms with Crippen molar-refractivity contribution in [1.82, 2.24) is 20.3 Å². The lowest BCUT2D eigenvalue weighted by molar-refractivity contribution is 0.102. The summed E-state index contributed by atoms with van der Waals surface area (Å²) in [6.45, 7) is 1.86. The number of rotatable bonds is 4. The summed E-state index contributed by atoms with van der Waals surface area (Å²) in [6, 6.07) is 4.17. The highest BCUT2D eigenvalue weighted by molar-refractivity contribution is 6.03. The molecule has 2 aromatic rings. The molecular formula is C15H18FN5O2. The molecule has 0 unspecified atom stereocenters. The molecule has 3 rings (SSSR count). The average Bonchev–Trinajstić information content (AvgIpc) is 3.07. The molecule has 0 spiro atoms. The fraction of sp³-hybridized carbons (Fsp3) is 0.400. The van der Waals surface area contributed by atoms with Gasteiger partial charge in [0.25, 0.3) is 5.91 Å². The van der Waals surface area contributed by atoms with E-state index in [-0.39, 0.29) is 17.5 Å². The van der Waals surface area contributed by atoms with Crippen molar-refractivity contribution in [2.75, 3.05) is 25.5 Å². The smallest absolute Gasteiger partial charge is 0.277 e. The molecule has 0 saturated carbocycles. The Morgan fingerprint density at radius 3 is 2.96 bits per heavy atom. The molecule has 8 heteroatoms. The molecule has 0 bridgehead atoms. The second kappa shape index (κ2) is 6.74. The topological polar surface area (TPSA) is 81.1 Å². The molecular weight excluding hydrogens is 301 g/mol. The molecule has 2 N–H and O–H groups in total. The summed E-state index contributed by atoms with van der Waals surface area (Å²) in [5.41, 5.74) is 0.602. The number of methoxy groups -OCH3 is 1. The summed E-state index contributed by atoms with van der Waals surface area (Å²) in [5.74, 6) is -0.587. The van der Waals surface area contributed by atoms with Crippen LogP contribution < -0.4 is 15.4 Å². The second-order valence-corrected chi connectivity index (χ2v) is 5.36. The van der Waals surface area contributed by atoms with Crippen molar-refractivity contribution >= 4 is 11.6 Å². The predicted molar refractivity (Wildman–Crippen MR) is 82.1 cm³/mol. The number of benzene rings is 1. The summed E-state index contributed by atoms with van der Waals surface area (Å²) < 4.78 is 20.0. The minimum Gasteiger partial charge on any atom is -0.494 e. The third-order valence-corrected chi connectivity index (χ3v) is 3.84. The van der Waals surface area contributed by atoms with Gasteiger partial charge in [0.15, 0.2) is 5.69 Å². The van der Waals surface area contributed by atoms with E-state index in [2.05, 4.69) is 20.9 Å². The Labute approximate surface area is 132 Å². The van der Waals surface area contributed by atoms with E-state index in [1.54, 1.807) is 10.9 Å². The van der Waals surface area contributed by atoms with Gasteiger partial charge in [-0.15, -0.1) is 5.10 Å². The van der Waals surface area contributed by atoms with Crippen LogP contribution >= 0.6 is 0 Å². The summed E-state index contributed by atoms with van der Waals surface area (Å²) in [4.78, 5) is 12.3. The quantitative estimate of drug-likeness (QED) is 0.895. The highest BCUT2D eigenvalue weighted by Gasteiger charge is 2.19.